The Kier molecular flexibility index (Phi) is 5.62. The van der Waals surface area contributed by atoms with E-state index in [1.807, 2.05) is 35.9 Å². The third-order valence-electron chi connectivity index (χ3n) is 5.45. The number of hydrogen-bond donors (Lipinski definition) is 1. The number of rotatable bonds is 5. The summed E-state index contributed by atoms with van der Waals surface area (Å²) < 4.78 is 15.4. The zero-order valence-corrected chi connectivity index (χ0v) is 16.9. The summed E-state index contributed by atoms with van der Waals surface area (Å²) in [6.45, 7) is 1.86. The second-order valence-corrected chi connectivity index (χ2v) is 7.76. The average molecular weight is 413 g/mol. The van der Waals surface area contributed by atoms with Crippen molar-refractivity contribution in [2.45, 2.75) is 44.7 Å². The van der Waals surface area contributed by atoms with Gasteiger partial charge in [-0.3, -0.25) is 4.79 Å². The first-order chi connectivity index (χ1) is 14.0. The minimum atomic E-state index is -0.424. The molecule has 1 saturated carbocycles. The van der Waals surface area contributed by atoms with Crippen LogP contribution in [0.15, 0.2) is 48.7 Å². The Bertz CT molecular complexity index is 1020. The Morgan fingerprint density at radius 2 is 1.90 bits per heavy atom. The summed E-state index contributed by atoms with van der Waals surface area (Å²) in [7, 11) is 0. The monoisotopic (exact) mass is 412 g/mol. The molecule has 1 fully saturated rings. The summed E-state index contributed by atoms with van der Waals surface area (Å²) in [5.41, 5.74) is 3.77. The van der Waals surface area contributed by atoms with Gasteiger partial charge in [-0.2, -0.15) is 0 Å². The molecule has 0 aliphatic heterocycles. The van der Waals surface area contributed by atoms with Crippen molar-refractivity contribution in [3.63, 3.8) is 0 Å². The molecule has 150 valence electrons. The van der Waals surface area contributed by atoms with Crippen LogP contribution in [0.3, 0.4) is 0 Å². The number of carbonyl (C=O) groups is 1. The van der Waals surface area contributed by atoms with Crippen LogP contribution in [0.5, 0.6) is 0 Å². The molecule has 1 N–H and O–H groups in total. The Morgan fingerprint density at radius 3 is 2.62 bits per heavy atom. The molecule has 1 aromatic heterocycles. The predicted molar refractivity (Wildman–Crippen MR) is 111 cm³/mol. The molecule has 0 bridgehead atoms. The van der Waals surface area contributed by atoms with Crippen molar-refractivity contribution in [1.29, 1.82) is 0 Å². The molecule has 2 atom stereocenters. The maximum atomic E-state index is 13.4. The van der Waals surface area contributed by atoms with Crippen LogP contribution in [0.25, 0.3) is 22.4 Å². The van der Waals surface area contributed by atoms with E-state index in [4.69, 9.17) is 11.6 Å². The van der Waals surface area contributed by atoms with E-state index in [1.54, 1.807) is 18.3 Å². The van der Waals surface area contributed by atoms with Gasteiger partial charge in [0.05, 0.1) is 23.0 Å². The van der Waals surface area contributed by atoms with E-state index in [-0.39, 0.29) is 23.0 Å². The highest BCUT2D eigenvalue weighted by Gasteiger charge is 2.29. The van der Waals surface area contributed by atoms with E-state index >= 15 is 0 Å². The average Bonchev–Trinajstić information content (AvgIpc) is 3.39. The van der Waals surface area contributed by atoms with Gasteiger partial charge in [0.1, 0.15) is 5.82 Å². The molecule has 5 nitrogen and oxygen atoms in total. The summed E-state index contributed by atoms with van der Waals surface area (Å²) in [6, 6.07) is 13.1. The molecule has 1 aliphatic carbocycles. The number of benzene rings is 2. The fourth-order valence-corrected chi connectivity index (χ4v) is 4.05. The fraction of sp³-hybridized carbons (Fsp3) is 0.318. The zero-order chi connectivity index (χ0) is 20.4. The molecule has 2 aromatic carbocycles. The van der Waals surface area contributed by atoms with Gasteiger partial charge in [0.15, 0.2) is 0 Å². The summed E-state index contributed by atoms with van der Waals surface area (Å²) in [5, 5.41) is 11.6. The van der Waals surface area contributed by atoms with Crippen molar-refractivity contribution in [2.75, 3.05) is 0 Å². The molecular weight excluding hydrogens is 391 g/mol. The van der Waals surface area contributed by atoms with Crippen LogP contribution >= 0.6 is 11.6 Å². The fourth-order valence-electron chi connectivity index (χ4n) is 3.87. The Labute approximate surface area is 173 Å². The molecule has 1 heterocycles. The van der Waals surface area contributed by atoms with Gasteiger partial charge < -0.3 is 5.32 Å². The van der Waals surface area contributed by atoms with Gasteiger partial charge in [0.25, 0.3) is 0 Å². The van der Waals surface area contributed by atoms with Gasteiger partial charge >= 0.3 is 0 Å². The molecule has 7 heteroatoms. The van der Waals surface area contributed by atoms with Crippen LogP contribution in [-0.4, -0.2) is 26.9 Å². The highest BCUT2D eigenvalue weighted by Crippen LogP contribution is 2.34. The SMILES string of the molecule is CCC(=O)N[C@H]1CC[C@@H](n2nncc2-c2ccc(-c3ccc(F)c(Cl)c3)cc2)C1. The van der Waals surface area contributed by atoms with E-state index in [2.05, 4.69) is 15.6 Å². The molecule has 4 rings (SSSR count). The van der Waals surface area contributed by atoms with Crippen molar-refractivity contribution in [2.24, 2.45) is 0 Å². The normalized spacial score (nSPS) is 18.7. The summed E-state index contributed by atoms with van der Waals surface area (Å²) in [6.07, 6.45) is 5.02. The second kappa shape index (κ2) is 8.33. The van der Waals surface area contributed by atoms with Gasteiger partial charge in [-0.05, 0) is 42.5 Å². The van der Waals surface area contributed by atoms with Gasteiger partial charge in [-0.25, -0.2) is 9.07 Å². The molecule has 29 heavy (non-hydrogen) atoms. The molecule has 0 unspecified atom stereocenters. The van der Waals surface area contributed by atoms with E-state index in [1.165, 1.54) is 6.07 Å². The summed E-state index contributed by atoms with van der Waals surface area (Å²) in [5.74, 6) is -0.335. The van der Waals surface area contributed by atoms with Crippen LogP contribution < -0.4 is 5.32 Å². The molecule has 3 aromatic rings. The van der Waals surface area contributed by atoms with Crippen molar-refractivity contribution in [3.8, 4) is 22.4 Å². The molecule has 0 spiro atoms. The third kappa shape index (κ3) is 4.17. The number of nitrogens with zero attached hydrogens (tertiary/aromatic N) is 3. The van der Waals surface area contributed by atoms with Crippen LogP contribution in [-0.2, 0) is 4.79 Å². The van der Waals surface area contributed by atoms with E-state index < -0.39 is 5.82 Å². The second-order valence-electron chi connectivity index (χ2n) is 7.35. The van der Waals surface area contributed by atoms with E-state index in [9.17, 15) is 9.18 Å². The highest BCUT2D eigenvalue weighted by atomic mass is 35.5. The smallest absolute Gasteiger partial charge is 0.219 e. The Balaban J connectivity index is 1.52. The lowest BCUT2D eigenvalue weighted by Crippen LogP contribution is -2.32. The van der Waals surface area contributed by atoms with Gasteiger partial charge in [-0.1, -0.05) is 54.1 Å². The summed E-state index contributed by atoms with van der Waals surface area (Å²) in [4.78, 5) is 11.7. The van der Waals surface area contributed by atoms with E-state index in [0.717, 1.165) is 41.6 Å². The molecule has 0 radical (unpaired) electrons. The van der Waals surface area contributed by atoms with Gasteiger partial charge in [0, 0.05) is 18.0 Å². The number of hydrogen-bond acceptors (Lipinski definition) is 3. The molecule has 1 aliphatic rings. The Morgan fingerprint density at radius 1 is 1.17 bits per heavy atom. The first-order valence-corrected chi connectivity index (χ1v) is 10.2. The van der Waals surface area contributed by atoms with Crippen LogP contribution in [0.1, 0.15) is 38.6 Å². The van der Waals surface area contributed by atoms with Crippen LogP contribution in [0, 0.1) is 5.82 Å². The van der Waals surface area contributed by atoms with Crippen LogP contribution in [0.2, 0.25) is 5.02 Å². The summed E-state index contributed by atoms with van der Waals surface area (Å²) >= 11 is 5.90. The minimum absolute atomic E-state index is 0.0888. The van der Waals surface area contributed by atoms with Crippen molar-refractivity contribution < 1.29 is 9.18 Å². The van der Waals surface area contributed by atoms with Crippen molar-refractivity contribution in [3.05, 3.63) is 59.5 Å². The minimum Gasteiger partial charge on any atom is -0.353 e. The lowest BCUT2D eigenvalue weighted by atomic mass is 10.0. The predicted octanol–water partition coefficient (Wildman–Crippen LogP) is 5.02. The number of amides is 1. The largest absolute Gasteiger partial charge is 0.353 e. The maximum absolute atomic E-state index is 13.4. The molecule has 1 amide bonds. The molecule has 0 saturated heterocycles. The Hall–Kier alpha value is -2.73. The highest BCUT2D eigenvalue weighted by molar-refractivity contribution is 6.31. The number of nitrogens with one attached hydrogen (secondary N) is 1. The van der Waals surface area contributed by atoms with Crippen molar-refractivity contribution in [1.82, 2.24) is 20.3 Å². The van der Waals surface area contributed by atoms with Gasteiger partial charge in [-0.15, -0.1) is 5.10 Å². The zero-order valence-electron chi connectivity index (χ0n) is 16.1. The van der Waals surface area contributed by atoms with Crippen molar-refractivity contribution >= 4 is 17.5 Å². The quantitative estimate of drug-likeness (QED) is 0.639. The maximum Gasteiger partial charge on any atom is 0.219 e. The number of aromatic nitrogens is 3. The van der Waals surface area contributed by atoms with Gasteiger partial charge in [0.2, 0.25) is 5.91 Å². The molecular formula is C22H22ClFN4O. The first-order valence-electron chi connectivity index (χ1n) is 9.80. The van der Waals surface area contributed by atoms with Crippen LogP contribution in [0.4, 0.5) is 4.39 Å². The lowest BCUT2D eigenvalue weighted by Gasteiger charge is -2.15. The lowest BCUT2D eigenvalue weighted by molar-refractivity contribution is -0.121. The topological polar surface area (TPSA) is 59.8 Å². The van der Waals surface area contributed by atoms with E-state index in [0.29, 0.717) is 6.42 Å². The number of carbonyl (C=O) groups excluding carboxylic acids is 1. The first kappa shape index (κ1) is 19.6. The standard InChI is InChI=1S/C22H22ClFN4O/c1-2-22(29)26-17-8-9-18(12-17)28-21(13-25-27-28)15-5-3-14(4-6-15)16-7-10-20(24)19(23)11-16/h3-7,10-11,13,17-18H,2,8-9,12H2,1H3,(H,26,29)/t17-,18+/m0/s1. The number of halogens is 2. The third-order valence-corrected chi connectivity index (χ3v) is 5.74.